The Hall–Kier alpha value is -4.07. The lowest BCUT2D eigenvalue weighted by atomic mass is 9.94. The van der Waals surface area contributed by atoms with Crippen molar-refractivity contribution >= 4 is 5.91 Å². The van der Waals surface area contributed by atoms with Gasteiger partial charge in [-0.3, -0.25) is 9.78 Å². The van der Waals surface area contributed by atoms with Gasteiger partial charge >= 0.3 is 0 Å². The first kappa shape index (κ1) is 22.7. The zero-order chi connectivity index (χ0) is 24.2. The molecule has 1 atom stereocenters. The molecule has 1 aliphatic heterocycles. The molecule has 5 rings (SSSR count). The largest absolute Gasteiger partial charge is 0.434 e. The Balaban J connectivity index is 1.33. The molecular weight excluding hydrogens is 445 g/mol. The maximum absolute atomic E-state index is 14.1. The fourth-order valence-corrected chi connectivity index (χ4v) is 4.46. The van der Waals surface area contributed by atoms with E-state index in [4.69, 9.17) is 4.74 Å². The highest BCUT2D eigenvalue weighted by atomic mass is 19.1. The fraction of sp³-hybridized carbons (Fsp3) is 0.259. The van der Waals surface area contributed by atoms with Crippen molar-refractivity contribution in [2.75, 3.05) is 13.1 Å². The minimum atomic E-state index is -0.463. The van der Waals surface area contributed by atoms with Gasteiger partial charge in [0, 0.05) is 55.9 Å². The summed E-state index contributed by atoms with van der Waals surface area (Å²) in [5, 5.41) is 0. The van der Waals surface area contributed by atoms with Crippen LogP contribution in [0.1, 0.15) is 46.2 Å². The number of rotatable bonds is 6. The highest BCUT2D eigenvalue weighted by molar-refractivity contribution is 5.94. The maximum atomic E-state index is 14.1. The number of amides is 1. The van der Waals surface area contributed by atoms with Gasteiger partial charge in [0.1, 0.15) is 11.5 Å². The van der Waals surface area contributed by atoms with Gasteiger partial charge in [-0.25, -0.2) is 14.4 Å². The van der Waals surface area contributed by atoms with E-state index in [-0.39, 0.29) is 23.5 Å². The smallest absolute Gasteiger partial charge is 0.253 e. The van der Waals surface area contributed by atoms with E-state index in [9.17, 15) is 9.18 Å². The Morgan fingerprint density at radius 2 is 1.94 bits per heavy atom. The van der Waals surface area contributed by atoms with Crippen LogP contribution in [-0.4, -0.2) is 43.4 Å². The van der Waals surface area contributed by atoms with E-state index < -0.39 is 5.82 Å². The number of nitrogens with zero attached hydrogens (tertiary/aromatic N) is 5. The quantitative estimate of drug-likeness (QED) is 0.397. The second-order valence-electron chi connectivity index (χ2n) is 8.67. The van der Waals surface area contributed by atoms with Gasteiger partial charge in [-0.2, -0.15) is 0 Å². The number of aromatic nitrogens is 4. The Bertz CT molecular complexity index is 1340. The van der Waals surface area contributed by atoms with Crippen molar-refractivity contribution in [1.82, 2.24) is 24.4 Å². The predicted molar refractivity (Wildman–Crippen MR) is 129 cm³/mol. The molecule has 2 aromatic carbocycles. The fourth-order valence-electron chi connectivity index (χ4n) is 4.46. The van der Waals surface area contributed by atoms with Gasteiger partial charge in [-0.05, 0) is 49.6 Å². The normalized spacial score (nSPS) is 15.7. The Morgan fingerprint density at radius 3 is 2.77 bits per heavy atom. The van der Waals surface area contributed by atoms with E-state index in [1.807, 2.05) is 46.9 Å². The second kappa shape index (κ2) is 10.0. The van der Waals surface area contributed by atoms with Crippen molar-refractivity contribution in [2.45, 2.75) is 32.2 Å². The molecule has 0 spiro atoms. The molecule has 2 aromatic heterocycles. The topological polar surface area (TPSA) is 73.1 Å². The van der Waals surface area contributed by atoms with Crippen molar-refractivity contribution < 1.29 is 13.9 Å². The van der Waals surface area contributed by atoms with E-state index >= 15 is 0 Å². The number of hydrogen-bond acceptors (Lipinski definition) is 5. The number of piperidine rings is 1. The number of ether oxygens (including phenoxy) is 1. The van der Waals surface area contributed by atoms with Crippen LogP contribution in [0, 0.1) is 12.7 Å². The molecule has 1 amide bonds. The molecule has 0 bridgehead atoms. The van der Waals surface area contributed by atoms with Gasteiger partial charge in [0.05, 0.1) is 0 Å². The molecule has 4 aromatic rings. The summed E-state index contributed by atoms with van der Waals surface area (Å²) >= 11 is 0. The Morgan fingerprint density at radius 1 is 1.09 bits per heavy atom. The first-order chi connectivity index (χ1) is 17.1. The highest BCUT2D eigenvalue weighted by Gasteiger charge is 2.29. The summed E-state index contributed by atoms with van der Waals surface area (Å²) in [6.07, 6.45) is 8.51. The molecule has 0 aliphatic carbocycles. The van der Waals surface area contributed by atoms with Crippen LogP contribution < -0.4 is 4.74 Å². The average molecular weight is 472 g/mol. The molecule has 1 saturated heterocycles. The number of likely N-dealkylation sites (tertiary alicyclic amines) is 1. The summed E-state index contributed by atoms with van der Waals surface area (Å²) in [5.41, 5.74) is 2.33. The number of carbonyl (C=O) groups excluding carboxylic acids is 1. The number of halogens is 1. The monoisotopic (exact) mass is 471 g/mol. The average Bonchev–Trinajstić information content (AvgIpc) is 3.29. The summed E-state index contributed by atoms with van der Waals surface area (Å²) in [7, 11) is 0. The van der Waals surface area contributed by atoms with E-state index in [1.54, 1.807) is 30.6 Å². The number of hydrogen-bond donors (Lipinski definition) is 0. The molecule has 3 heterocycles. The molecular formula is C27H26FN5O2. The number of para-hydroxylation sites is 1. The van der Waals surface area contributed by atoms with Crippen LogP contribution in [0.15, 0.2) is 73.3 Å². The van der Waals surface area contributed by atoms with E-state index in [1.165, 1.54) is 12.3 Å². The molecule has 8 heteroatoms. The molecule has 7 nitrogen and oxygen atoms in total. The van der Waals surface area contributed by atoms with Crippen LogP contribution in [0.2, 0.25) is 0 Å². The first-order valence-corrected chi connectivity index (χ1v) is 11.7. The highest BCUT2D eigenvalue weighted by Crippen LogP contribution is 2.33. The summed E-state index contributed by atoms with van der Waals surface area (Å²) in [6.45, 7) is 3.78. The molecule has 0 saturated carbocycles. The first-order valence-electron chi connectivity index (χ1n) is 11.7. The third kappa shape index (κ3) is 5.06. The van der Waals surface area contributed by atoms with E-state index in [2.05, 4.69) is 15.0 Å². The lowest BCUT2D eigenvalue weighted by Crippen LogP contribution is -2.39. The number of aryl methyl sites for hydroxylation is 1. The van der Waals surface area contributed by atoms with Crippen LogP contribution in [0.5, 0.6) is 11.6 Å². The zero-order valence-corrected chi connectivity index (χ0v) is 19.5. The number of benzene rings is 2. The minimum absolute atomic E-state index is 0.0145. The van der Waals surface area contributed by atoms with Crippen molar-refractivity contribution in [3.8, 4) is 11.6 Å². The third-order valence-electron chi connectivity index (χ3n) is 6.28. The lowest BCUT2D eigenvalue weighted by Gasteiger charge is -2.33. The second-order valence-corrected chi connectivity index (χ2v) is 8.67. The van der Waals surface area contributed by atoms with Crippen LogP contribution in [0.3, 0.4) is 0 Å². The summed E-state index contributed by atoms with van der Waals surface area (Å²) in [6, 6.07) is 13.9. The molecule has 178 valence electrons. The molecule has 0 radical (unpaired) electrons. The molecule has 0 N–H and O–H groups in total. The molecule has 1 fully saturated rings. The SMILES string of the molecule is Cc1nccn1Cc1cccc(C(=O)N2CCC[C@H](c3nccnc3Oc3ccccc3F)C2)c1. The maximum Gasteiger partial charge on any atom is 0.253 e. The van der Waals surface area contributed by atoms with Crippen molar-refractivity contribution in [2.24, 2.45) is 0 Å². The standard InChI is InChI=1S/C27H26FN5O2/c1-19-29-13-15-32(19)17-20-6-4-7-21(16-20)27(34)33-14-5-8-22(18-33)25-26(31-12-11-30-25)35-24-10-3-2-9-23(24)28/h2-4,6-7,9-13,15-16,22H,5,8,14,17-18H2,1H3/t22-/m0/s1. The van der Waals surface area contributed by atoms with Crippen molar-refractivity contribution in [3.05, 3.63) is 102 Å². The van der Waals surface area contributed by atoms with Crippen LogP contribution in [0.4, 0.5) is 4.39 Å². The summed E-state index contributed by atoms with van der Waals surface area (Å²) in [5.74, 6) is 0.769. The Labute approximate surface area is 203 Å². The van der Waals surface area contributed by atoms with Gasteiger partial charge in [0.15, 0.2) is 11.6 Å². The molecule has 1 aliphatic rings. The minimum Gasteiger partial charge on any atom is -0.434 e. The van der Waals surface area contributed by atoms with Crippen LogP contribution in [0.25, 0.3) is 0 Å². The summed E-state index contributed by atoms with van der Waals surface area (Å²) in [4.78, 5) is 28.3. The predicted octanol–water partition coefficient (Wildman–Crippen LogP) is 4.98. The van der Waals surface area contributed by atoms with Gasteiger partial charge in [0.25, 0.3) is 5.91 Å². The third-order valence-corrected chi connectivity index (χ3v) is 6.28. The summed E-state index contributed by atoms with van der Waals surface area (Å²) < 4.78 is 22.0. The molecule has 35 heavy (non-hydrogen) atoms. The number of carbonyl (C=O) groups is 1. The number of imidazole rings is 1. The van der Waals surface area contributed by atoms with E-state index in [0.717, 1.165) is 24.2 Å². The van der Waals surface area contributed by atoms with Gasteiger partial charge in [-0.1, -0.05) is 24.3 Å². The van der Waals surface area contributed by atoms with Crippen molar-refractivity contribution in [1.29, 1.82) is 0 Å². The van der Waals surface area contributed by atoms with Gasteiger partial charge in [-0.15, -0.1) is 0 Å². The Kier molecular flexibility index (Phi) is 6.52. The van der Waals surface area contributed by atoms with E-state index in [0.29, 0.717) is 30.9 Å². The van der Waals surface area contributed by atoms with Crippen LogP contribution >= 0.6 is 0 Å². The lowest BCUT2D eigenvalue weighted by molar-refractivity contribution is 0.0704. The molecule has 0 unspecified atom stereocenters. The zero-order valence-electron chi connectivity index (χ0n) is 19.5. The van der Waals surface area contributed by atoms with Crippen LogP contribution in [-0.2, 0) is 6.54 Å². The van der Waals surface area contributed by atoms with Gasteiger partial charge < -0.3 is 14.2 Å². The van der Waals surface area contributed by atoms with Gasteiger partial charge in [0.2, 0.25) is 5.88 Å². The van der Waals surface area contributed by atoms with Crippen molar-refractivity contribution in [3.63, 3.8) is 0 Å².